The van der Waals surface area contributed by atoms with Gasteiger partial charge >= 0.3 is 0 Å². The van der Waals surface area contributed by atoms with Crippen molar-refractivity contribution >= 4 is 17.5 Å². The predicted molar refractivity (Wildman–Crippen MR) is 103 cm³/mol. The standard InChI is InChI=1S/C21H26ClNO2/c1-6-20(25-18-9-7-17(22)8-10-18)21(24)23-16(5)19-12-14(3)13(2)11-15(19)4/h7-12,16,20H,6H2,1-5H3,(H,23,24)/t16-,20+/m0/s1. The average Bonchev–Trinajstić information content (AvgIpc) is 2.57. The van der Waals surface area contributed by atoms with Crippen molar-refractivity contribution in [3.8, 4) is 5.75 Å². The number of halogens is 1. The summed E-state index contributed by atoms with van der Waals surface area (Å²) in [4.78, 5) is 12.6. The second-order valence-electron chi connectivity index (χ2n) is 6.49. The lowest BCUT2D eigenvalue weighted by atomic mass is 9.96. The Kier molecular flexibility index (Phi) is 6.49. The van der Waals surface area contributed by atoms with Crippen molar-refractivity contribution in [2.45, 2.75) is 53.2 Å². The molecule has 0 saturated heterocycles. The highest BCUT2D eigenvalue weighted by Crippen LogP contribution is 2.22. The van der Waals surface area contributed by atoms with Crippen LogP contribution in [-0.2, 0) is 4.79 Å². The lowest BCUT2D eigenvalue weighted by molar-refractivity contribution is -0.128. The van der Waals surface area contributed by atoms with Gasteiger partial charge in [0.2, 0.25) is 0 Å². The number of aryl methyl sites for hydroxylation is 3. The van der Waals surface area contributed by atoms with Gasteiger partial charge < -0.3 is 10.1 Å². The smallest absolute Gasteiger partial charge is 0.261 e. The highest BCUT2D eigenvalue weighted by atomic mass is 35.5. The molecule has 0 fully saturated rings. The van der Waals surface area contributed by atoms with Crippen LogP contribution >= 0.6 is 11.6 Å². The maximum atomic E-state index is 12.6. The van der Waals surface area contributed by atoms with E-state index in [1.807, 2.05) is 13.8 Å². The Morgan fingerprint density at radius 2 is 1.68 bits per heavy atom. The fourth-order valence-electron chi connectivity index (χ4n) is 2.83. The van der Waals surface area contributed by atoms with Crippen LogP contribution in [0.4, 0.5) is 0 Å². The van der Waals surface area contributed by atoms with Crippen LogP contribution in [0.2, 0.25) is 5.02 Å². The molecule has 1 amide bonds. The van der Waals surface area contributed by atoms with Crippen molar-refractivity contribution in [1.29, 1.82) is 0 Å². The van der Waals surface area contributed by atoms with E-state index in [0.717, 1.165) is 5.56 Å². The van der Waals surface area contributed by atoms with E-state index in [4.69, 9.17) is 16.3 Å². The first-order chi connectivity index (χ1) is 11.8. The zero-order valence-corrected chi connectivity index (χ0v) is 16.3. The van der Waals surface area contributed by atoms with E-state index in [0.29, 0.717) is 17.2 Å². The minimum Gasteiger partial charge on any atom is -0.481 e. The molecule has 0 aromatic heterocycles. The molecule has 2 aromatic rings. The normalized spacial score (nSPS) is 13.2. The van der Waals surface area contributed by atoms with E-state index in [2.05, 4.69) is 38.2 Å². The number of carbonyl (C=O) groups is 1. The Hall–Kier alpha value is -2.00. The van der Waals surface area contributed by atoms with Crippen LogP contribution in [0.1, 0.15) is 48.6 Å². The zero-order chi connectivity index (χ0) is 18.6. The highest BCUT2D eigenvalue weighted by Gasteiger charge is 2.21. The van der Waals surface area contributed by atoms with Gasteiger partial charge in [0, 0.05) is 5.02 Å². The van der Waals surface area contributed by atoms with E-state index < -0.39 is 6.10 Å². The summed E-state index contributed by atoms with van der Waals surface area (Å²) in [5.74, 6) is 0.531. The second kappa shape index (κ2) is 8.39. The molecule has 0 spiro atoms. The van der Waals surface area contributed by atoms with Gasteiger partial charge in [0.1, 0.15) is 5.75 Å². The molecule has 0 aliphatic carbocycles. The summed E-state index contributed by atoms with van der Waals surface area (Å²) < 4.78 is 5.82. The number of nitrogens with one attached hydrogen (secondary N) is 1. The maximum absolute atomic E-state index is 12.6. The first kappa shape index (κ1) is 19.3. The third-order valence-electron chi connectivity index (χ3n) is 4.46. The number of benzene rings is 2. The van der Waals surface area contributed by atoms with Crippen molar-refractivity contribution in [3.63, 3.8) is 0 Å². The highest BCUT2D eigenvalue weighted by molar-refractivity contribution is 6.30. The van der Waals surface area contributed by atoms with Crippen LogP contribution in [0.5, 0.6) is 5.75 Å². The molecule has 2 aromatic carbocycles. The Labute approximate surface area is 155 Å². The zero-order valence-electron chi connectivity index (χ0n) is 15.5. The first-order valence-corrected chi connectivity index (χ1v) is 9.00. The van der Waals surface area contributed by atoms with Gasteiger partial charge in [-0.05, 0) is 80.6 Å². The molecule has 0 saturated carbocycles. The van der Waals surface area contributed by atoms with E-state index in [-0.39, 0.29) is 11.9 Å². The molecular formula is C21H26ClNO2. The van der Waals surface area contributed by atoms with Crippen LogP contribution in [0, 0.1) is 20.8 Å². The Morgan fingerprint density at radius 3 is 2.28 bits per heavy atom. The summed E-state index contributed by atoms with van der Waals surface area (Å²) in [7, 11) is 0. The molecule has 0 radical (unpaired) electrons. The lowest BCUT2D eigenvalue weighted by Gasteiger charge is -2.22. The number of hydrogen-bond acceptors (Lipinski definition) is 2. The van der Waals surface area contributed by atoms with Crippen LogP contribution in [0.3, 0.4) is 0 Å². The fraction of sp³-hybridized carbons (Fsp3) is 0.381. The molecule has 25 heavy (non-hydrogen) atoms. The van der Waals surface area contributed by atoms with E-state index in [1.54, 1.807) is 24.3 Å². The van der Waals surface area contributed by atoms with E-state index in [1.165, 1.54) is 16.7 Å². The summed E-state index contributed by atoms with van der Waals surface area (Å²) in [5.41, 5.74) is 4.81. The second-order valence-corrected chi connectivity index (χ2v) is 6.93. The van der Waals surface area contributed by atoms with E-state index >= 15 is 0 Å². The van der Waals surface area contributed by atoms with Crippen LogP contribution in [-0.4, -0.2) is 12.0 Å². The Bertz CT molecular complexity index is 740. The van der Waals surface area contributed by atoms with Gasteiger partial charge in [-0.1, -0.05) is 30.7 Å². The van der Waals surface area contributed by atoms with Crippen LogP contribution in [0.25, 0.3) is 0 Å². The molecule has 1 N–H and O–H groups in total. The molecule has 2 rings (SSSR count). The summed E-state index contributed by atoms with van der Waals surface area (Å²) in [6.45, 7) is 10.2. The van der Waals surface area contributed by atoms with Crippen molar-refractivity contribution in [2.75, 3.05) is 0 Å². The number of carbonyl (C=O) groups excluding carboxylic acids is 1. The topological polar surface area (TPSA) is 38.3 Å². The van der Waals surface area contributed by atoms with Gasteiger partial charge in [0.15, 0.2) is 6.10 Å². The average molecular weight is 360 g/mol. The van der Waals surface area contributed by atoms with Gasteiger partial charge in [-0.25, -0.2) is 0 Å². The molecule has 2 atom stereocenters. The summed E-state index contributed by atoms with van der Waals surface area (Å²) in [6.07, 6.45) is 0.0584. The third-order valence-corrected chi connectivity index (χ3v) is 4.71. The monoisotopic (exact) mass is 359 g/mol. The molecular weight excluding hydrogens is 334 g/mol. The minimum atomic E-state index is -0.532. The SMILES string of the molecule is CC[C@@H](Oc1ccc(Cl)cc1)C(=O)N[C@@H](C)c1cc(C)c(C)cc1C. The number of rotatable bonds is 6. The van der Waals surface area contributed by atoms with Gasteiger partial charge in [0.05, 0.1) is 6.04 Å². The maximum Gasteiger partial charge on any atom is 0.261 e. The predicted octanol–water partition coefficient (Wildman–Crippen LogP) is 5.30. The van der Waals surface area contributed by atoms with Gasteiger partial charge in [-0.15, -0.1) is 0 Å². The Morgan fingerprint density at radius 1 is 1.08 bits per heavy atom. The summed E-state index contributed by atoms with van der Waals surface area (Å²) in [5, 5.41) is 3.72. The van der Waals surface area contributed by atoms with Crippen molar-refractivity contribution in [2.24, 2.45) is 0 Å². The minimum absolute atomic E-state index is 0.0744. The van der Waals surface area contributed by atoms with Crippen molar-refractivity contribution in [3.05, 3.63) is 63.7 Å². The molecule has 0 heterocycles. The molecule has 0 aliphatic heterocycles. The van der Waals surface area contributed by atoms with Gasteiger partial charge in [0.25, 0.3) is 5.91 Å². The van der Waals surface area contributed by atoms with Crippen LogP contribution < -0.4 is 10.1 Å². The molecule has 0 unspecified atom stereocenters. The summed E-state index contributed by atoms with van der Waals surface area (Å²) in [6, 6.07) is 11.3. The Balaban J connectivity index is 2.08. The quantitative estimate of drug-likeness (QED) is 0.760. The number of ether oxygens (including phenoxy) is 1. The molecule has 4 heteroatoms. The molecule has 0 aliphatic rings. The van der Waals surface area contributed by atoms with Crippen molar-refractivity contribution < 1.29 is 9.53 Å². The third kappa shape index (κ3) is 4.99. The largest absolute Gasteiger partial charge is 0.481 e. The fourth-order valence-corrected chi connectivity index (χ4v) is 2.96. The van der Waals surface area contributed by atoms with Gasteiger partial charge in [-0.2, -0.15) is 0 Å². The lowest BCUT2D eigenvalue weighted by Crippen LogP contribution is -2.39. The molecule has 134 valence electrons. The summed E-state index contributed by atoms with van der Waals surface area (Å²) >= 11 is 5.89. The first-order valence-electron chi connectivity index (χ1n) is 8.62. The van der Waals surface area contributed by atoms with Gasteiger partial charge in [-0.3, -0.25) is 4.79 Å². The van der Waals surface area contributed by atoms with E-state index in [9.17, 15) is 4.79 Å². The molecule has 0 bridgehead atoms. The number of hydrogen-bond donors (Lipinski definition) is 1. The number of amides is 1. The van der Waals surface area contributed by atoms with Crippen LogP contribution in [0.15, 0.2) is 36.4 Å². The van der Waals surface area contributed by atoms with Crippen molar-refractivity contribution in [1.82, 2.24) is 5.32 Å². The molecule has 3 nitrogen and oxygen atoms in total.